The first-order chi connectivity index (χ1) is 20.3. The number of benzene rings is 2. The topological polar surface area (TPSA) is 75.0 Å². The van der Waals surface area contributed by atoms with E-state index in [-0.39, 0.29) is 24.0 Å². The summed E-state index contributed by atoms with van der Waals surface area (Å²) in [5.74, 6) is 1.25. The number of amidine groups is 1. The molecule has 1 spiro atoms. The number of amides is 2. The highest BCUT2D eigenvalue weighted by atomic mass is 19.1. The molecule has 2 saturated heterocycles. The molecule has 0 bridgehead atoms. The predicted octanol–water partition coefficient (Wildman–Crippen LogP) is 6.31. The number of carbonyl (C=O) groups is 1. The van der Waals surface area contributed by atoms with E-state index in [1.165, 1.54) is 24.1 Å². The Labute approximate surface area is 247 Å². The van der Waals surface area contributed by atoms with Crippen molar-refractivity contribution in [1.82, 2.24) is 20.0 Å². The second kappa shape index (κ2) is 11.9. The number of hydrogen-bond acceptors (Lipinski definition) is 5. The van der Waals surface area contributed by atoms with Gasteiger partial charge in [0.15, 0.2) is 0 Å². The summed E-state index contributed by atoms with van der Waals surface area (Å²) in [6.45, 7) is 6.42. The molecule has 1 N–H and O–H groups in total. The van der Waals surface area contributed by atoms with Crippen molar-refractivity contribution in [3.8, 4) is 16.9 Å². The van der Waals surface area contributed by atoms with Crippen molar-refractivity contribution in [3.63, 3.8) is 0 Å². The highest BCUT2D eigenvalue weighted by Crippen LogP contribution is 2.43. The molecule has 222 valence electrons. The van der Waals surface area contributed by atoms with Crippen LogP contribution >= 0.6 is 0 Å². The number of likely N-dealkylation sites (tertiary alicyclic amines) is 1. The number of piperidine rings is 1. The number of aryl methyl sites for hydroxylation is 1. The van der Waals surface area contributed by atoms with Gasteiger partial charge in [0, 0.05) is 44.0 Å². The Kier molecular flexibility index (Phi) is 8.03. The van der Waals surface area contributed by atoms with Gasteiger partial charge in [0.25, 0.3) is 0 Å². The fourth-order valence-electron chi connectivity index (χ4n) is 6.74. The van der Waals surface area contributed by atoms with Crippen LogP contribution in [0.2, 0.25) is 0 Å². The summed E-state index contributed by atoms with van der Waals surface area (Å²) in [4.78, 5) is 23.3. The number of halogens is 1. The van der Waals surface area contributed by atoms with Crippen LogP contribution in [0.3, 0.4) is 0 Å². The van der Waals surface area contributed by atoms with E-state index in [0.717, 1.165) is 68.0 Å². The van der Waals surface area contributed by atoms with Crippen LogP contribution in [0.4, 0.5) is 14.9 Å². The molecule has 2 aromatic carbocycles. The Balaban J connectivity index is 1.33. The van der Waals surface area contributed by atoms with E-state index < -0.39 is 5.54 Å². The molecular weight excluding hydrogens is 531 g/mol. The lowest BCUT2D eigenvalue weighted by Gasteiger charge is -2.44. The number of ether oxygens (including phenoxy) is 1. The Morgan fingerprint density at radius 1 is 1.12 bits per heavy atom. The molecular formula is C33H41FN6O2. The summed E-state index contributed by atoms with van der Waals surface area (Å²) in [5, 5.41) is 7.50. The number of urea groups is 1. The summed E-state index contributed by atoms with van der Waals surface area (Å²) >= 11 is 0. The highest BCUT2D eigenvalue weighted by Gasteiger charge is 2.53. The van der Waals surface area contributed by atoms with Gasteiger partial charge in [0.05, 0.1) is 24.0 Å². The molecule has 3 heterocycles. The van der Waals surface area contributed by atoms with Gasteiger partial charge in [0.1, 0.15) is 22.9 Å². The zero-order valence-electron chi connectivity index (χ0n) is 24.9. The summed E-state index contributed by atoms with van der Waals surface area (Å²) in [6.07, 6.45) is 10.8. The molecule has 8 nitrogen and oxygen atoms in total. The Bertz CT molecular complexity index is 1450. The first kappa shape index (κ1) is 28.4. The van der Waals surface area contributed by atoms with Crippen LogP contribution in [-0.2, 0) is 13.6 Å². The molecule has 1 aliphatic carbocycles. The Morgan fingerprint density at radius 2 is 1.90 bits per heavy atom. The van der Waals surface area contributed by atoms with Gasteiger partial charge >= 0.3 is 6.03 Å². The fourth-order valence-corrected chi connectivity index (χ4v) is 6.74. The largest absolute Gasteiger partial charge is 0.491 e. The Morgan fingerprint density at radius 3 is 2.62 bits per heavy atom. The molecule has 1 saturated carbocycles. The van der Waals surface area contributed by atoms with Crippen LogP contribution < -0.4 is 15.0 Å². The monoisotopic (exact) mass is 572 g/mol. The number of nitrogens with zero attached hydrogens (tertiary/aromatic N) is 5. The van der Waals surface area contributed by atoms with Gasteiger partial charge in [-0.2, -0.15) is 5.10 Å². The molecule has 2 aliphatic heterocycles. The minimum Gasteiger partial charge on any atom is -0.491 e. The van der Waals surface area contributed by atoms with Crippen LogP contribution in [0.15, 0.2) is 59.9 Å². The standard InChI is InChI=1S/C33H41FN6O2/c1-23(2)42-28-11-7-8-24(18-28)21-39-16-14-33(15-17-39)31(36-27-9-5-4-6-10-27)37-32(41)40(33)30-19-26(34)12-13-29(30)25-20-35-38(3)22-25/h7-8,11-13,18-20,22-23,27H,4-6,9-10,14-17,21H2,1-3H3,(H,36,37,41). The SMILES string of the molecule is CC(C)Oc1cccc(CN2CCC3(CC2)C(=NC2CCCCC2)NC(=O)N3c2cc(F)ccc2-c2cnn(C)c2)c1. The van der Waals surface area contributed by atoms with Crippen molar-refractivity contribution in [2.75, 3.05) is 18.0 Å². The maximum atomic E-state index is 14.9. The average molecular weight is 573 g/mol. The number of carbonyl (C=O) groups excluding carboxylic acids is 1. The Hall–Kier alpha value is -3.72. The van der Waals surface area contributed by atoms with Crippen LogP contribution in [0, 0.1) is 5.82 Å². The van der Waals surface area contributed by atoms with E-state index in [1.54, 1.807) is 21.8 Å². The second-order valence-corrected chi connectivity index (χ2v) is 12.2. The van der Waals surface area contributed by atoms with Crippen LogP contribution in [0.25, 0.3) is 11.1 Å². The molecule has 9 heteroatoms. The van der Waals surface area contributed by atoms with Crippen molar-refractivity contribution in [2.45, 2.75) is 83.0 Å². The van der Waals surface area contributed by atoms with E-state index in [1.807, 2.05) is 39.2 Å². The number of hydrogen-bond donors (Lipinski definition) is 1. The third-order valence-corrected chi connectivity index (χ3v) is 8.76. The third kappa shape index (κ3) is 5.79. The van der Waals surface area contributed by atoms with E-state index in [4.69, 9.17) is 9.73 Å². The molecule has 0 radical (unpaired) electrons. The van der Waals surface area contributed by atoms with Gasteiger partial charge in [0.2, 0.25) is 0 Å². The maximum Gasteiger partial charge on any atom is 0.328 e. The van der Waals surface area contributed by atoms with Crippen molar-refractivity contribution >= 4 is 17.6 Å². The molecule has 42 heavy (non-hydrogen) atoms. The maximum absolute atomic E-state index is 14.9. The lowest BCUT2D eigenvalue weighted by molar-refractivity contribution is 0.183. The molecule has 0 atom stereocenters. The van der Waals surface area contributed by atoms with Crippen molar-refractivity contribution < 1.29 is 13.9 Å². The zero-order chi connectivity index (χ0) is 29.3. The number of nitrogens with one attached hydrogen (secondary N) is 1. The lowest BCUT2D eigenvalue weighted by atomic mass is 9.84. The van der Waals surface area contributed by atoms with Crippen molar-refractivity contribution in [1.29, 1.82) is 0 Å². The van der Waals surface area contributed by atoms with E-state index in [2.05, 4.69) is 27.4 Å². The highest BCUT2D eigenvalue weighted by molar-refractivity contribution is 6.20. The smallest absolute Gasteiger partial charge is 0.328 e. The third-order valence-electron chi connectivity index (χ3n) is 8.76. The van der Waals surface area contributed by atoms with Gasteiger partial charge in [-0.25, -0.2) is 9.18 Å². The molecule has 3 fully saturated rings. The molecule has 0 unspecified atom stereocenters. The summed E-state index contributed by atoms with van der Waals surface area (Å²) in [7, 11) is 1.85. The molecule has 1 aromatic heterocycles. The fraction of sp³-hybridized carbons (Fsp3) is 0.485. The van der Waals surface area contributed by atoms with Gasteiger partial charge in [-0.3, -0.25) is 24.8 Å². The number of anilines is 1. The van der Waals surface area contributed by atoms with Crippen LogP contribution in [-0.4, -0.2) is 57.3 Å². The van der Waals surface area contributed by atoms with E-state index in [9.17, 15) is 9.18 Å². The van der Waals surface area contributed by atoms with Crippen molar-refractivity contribution in [3.05, 3.63) is 66.2 Å². The average Bonchev–Trinajstić information content (AvgIpc) is 3.50. The first-order valence-corrected chi connectivity index (χ1v) is 15.3. The first-order valence-electron chi connectivity index (χ1n) is 15.3. The second-order valence-electron chi connectivity index (χ2n) is 12.2. The number of aromatic nitrogens is 2. The zero-order valence-corrected chi connectivity index (χ0v) is 24.9. The van der Waals surface area contributed by atoms with Gasteiger partial charge in [-0.05, 0) is 75.4 Å². The van der Waals surface area contributed by atoms with Gasteiger partial charge < -0.3 is 4.74 Å². The summed E-state index contributed by atoms with van der Waals surface area (Å²) in [6, 6.07) is 12.9. The normalized spacial score (nSPS) is 20.5. The van der Waals surface area contributed by atoms with Crippen molar-refractivity contribution in [2.24, 2.45) is 12.0 Å². The van der Waals surface area contributed by atoms with E-state index in [0.29, 0.717) is 18.5 Å². The summed E-state index contributed by atoms with van der Waals surface area (Å²) in [5.41, 5.74) is 2.71. The molecule has 6 rings (SSSR count). The minimum atomic E-state index is -0.668. The minimum absolute atomic E-state index is 0.120. The summed E-state index contributed by atoms with van der Waals surface area (Å²) < 4.78 is 22.5. The van der Waals surface area contributed by atoms with Crippen LogP contribution in [0.5, 0.6) is 5.75 Å². The molecule has 2 amide bonds. The molecule has 3 aromatic rings. The number of rotatable bonds is 7. The molecule has 3 aliphatic rings. The van der Waals surface area contributed by atoms with Gasteiger partial charge in [-0.1, -0.05) is 31.4 Å². The van der Waals surface area contributed by atoms with E-state index >= 15 is 0 Å². The van der Waals surface area contributed by atoms with Gasteiger partial charge in [-0.15, -0.1) is 0 Å². The van der Waals surface area contributed by atoms with Crippen LogP contribution in [0.1, 0.15) is 64.4 Å². The predicted molar refractivity (Wildman–Crippen MR) is 163 cm³/mol. The number of aliphatic imine (C=N–C) groups is 1. The lowest BCUT2D eigenvalue weighted by Crippen LogP contribution is -2.57. The quantitative estimate of drug-likeness (QED) is 0.360.